The summed E-state index contributed by atoms with van der Waals surface area (Å²) in [6, 6.07) is 12.3. The van der Waals surface area contributed by atoms with Crippen molar-refractivity contribution in [2.45, 2.75) is 20.3 Å². The summed E-state index contributed by atoms with van der Waals surface area (Å²) in [6.45, 7) is 4.12. The summed E-state index contributed by atoms with van der Waals surface area (Å²) in [7, 11) is 0. The van der Waals surface area contributed by atoms with Crippen molar-refractivity contribution in [3.63, 3.8) is 0 Å². The fourth-order valence-electron chi connectivity index (χ4n) is 2.71. The number of carbonyl (C=O) groups excluding carboxylic acids is 1. The number of rotatable bonds is 3. The number of amides is 1. The first-order chi connectivity index (χ1) is 10.6. The number of carbonyl (C=O) groups is 1. The average molecular weight is 312 g/mol. The molecule has 0 unspecified atom stereocenters. The van der Waals surface area contributed by atoms with E-state index in [2.05, 4.69) is 43.4 Å². The number of nitrogens with one attached hydrogen (secondary N) is 1. The molecule has 1 aliphatic heterocycles. The summed E-state index contributed by atoms with van der Waals surface area (Å²) >= 11 is 5.82. The van der Waals surface area contributed by atoms with E-state index in [0.717, 1.165) is 39.9 Å². The van der Waals surface area contributed by atoms with Crippen LogP contribution in [-0.4, -0.2) is 11.8 Å². The first-order valence-corrected chi connectivity index (χ1v) is 7.91. The third-order valence-corrected chi connectivity index (χ3v) is 4.17. The standard InChI is InChI=1S/C19H18ClNO/c1-12-3-4-13(2)15(9-12)11-17-16-10-14(7-8-20)5-6-18(16)21-19(17)22/h3-6,9-11H,7-8H2,1-2H3,(H,21,22). The maximum absolute atomic E-state index is 12.3. The Bertz CT molecular complexity index is 777. The Kier molecular flexibility index (Phi) is 4.04. The Labute approximate surface area is 135 Å². The zero-order valence-electron chi connectivity index (χ0n) is 12.7. The maximum Gasteiger partial charge on any atom is 0.256 e. The highest BCUT2D eigenvalue weighted by atomic mass is 35.5. The summed E-state index contributed by atoms with van der Waals surface area (Å²) in [4.78, 5) is 12.3. The highest BCUT2D eigenvalue weighted by molar-refractivity contribution is 6.35. The lowest BCUT2D eigenvalue weighted by Gasteiger charge is -2.05. The van der Waals surface area contributed by atoms with Crippen LogP contribution >= 0.6 is 11.6 Å². The molecule has 2 nitrogen and oxygen atoms in total. The topological polar surface area (TPSA) is 29.1 Å². The van der Waals surface area contributed by atoms with Crippen LogP contribution < -0.4 is 5.32 Å². The summed E-state index contributed by atoms with van der Waals surface area (Å²) in [5.74, 6) is 0.537. The van der Waals surface area contributed by atoms with E-state index in [1.807, 2.05) is 18.2 Å². The molecule has 0 spiro atoms. The second-order valence-electron chi connectivity index (χ2n) is 5.69. The highest BCUT2D eigenvalue weighted by Gasteiger charge is 2.24. The third kappa shape index (κ3) is 2.79. The van der Waals surface area contributed by atoms with Crippen LogP contribution in [0.3, 0.4) is 0 Å². The molecule has 1 aliphatic rings. The Morgan fingerprint density at radius 2 is 1.95 bits per heavy atom. The Hall–Kier alpha value is -2.06. The molecular weight excluding hydrogens is 294 g/mol. The van der Waals surface area contributed by atoms with Gasteiger partial charge < -0.3 is 5.32 Å². The number of anilines is 1. The molecule has 0 aromatic heterocycles. The van der Waals surface area contributed by atoms with E-state index in [1.54, 1.807) is 0 Å². The van der Waals surface area contributed by atoms with Gasteiger partial charge in [0, 0.05) is 22.7 Å². The van der Waals surface area contributed by atoms with Crippen LogP contribution in [0.4, 0.5) is 5.69 Å². The monoisotopic (exact) mass is 311 g/mol. The molecule has 0 saturated carbocycles. The van der Waals surface area contributed by atoms with Gasteiger partial charge in [0.1, 0.15) is 0 Å². The summed E-state index contributed by atoms with van der Waals surface area (Å²) in [5, 5.41) is 2.93. The SMILES string of the molecule is Cc1ccc(C)c(C=C2C(=O)Nc3ccc(CCCl)cc32)c1. The van der Waals surface area contributed by atoms with Crippen LogP contribution in [0.2, 0.25) is 0 Å². The van der Waals surface area contributed by atoms with Crippen molar-refractivity contribution in [1.82, 2.24) is 0 Å². The molecule has 2 aromatic rings. The molecule has 0 radical (unpaired) electrons. The van der Waals surface area contributed by atoms with Crippen LogP contribution in [0.25, 0.3) is 11.6 Å². The molecule has 22 heavy (non-hydrogen) atoms. The molecule has 0 bridgehead atoms. The molecule has 1 N–H and O–H groups in total. The molecule has 0 atom stereocenters. The zero-order valence-corrected chi connectivity index (χ0v) is 13.5. The van der Waals surface area contributed by atoms with E-state index >= 15 is 0 Å². The minimum Gasteiger partial charge on any atom is -0.321 e. The van der Waals surface area contributed by atoms with Gasteiger partial charge in [-0.2, -0.15) is 0 Å². The summed E-state index contributed by atoms with van der Waals surface area (Å²) < 4.78 is 0. The number of halogens is 1. The average Bonchev–Trinajstić information content (AvgIpc) is 2.79. The molecule has 1 heterocycles. The molecule has 0 fully saturated rings. The van der Waals surface area contributed by atoms with Crippen molar-refractivity contribution >= 4 is 34.8 Å². The van der Waals surface area contributed by atoms with Crippen LogP contribution in [0.1, 0.15) is 27.8 Å². The lowest BCUT2D eigenvalue weighted by Crippen LogP contribution is -2.03. The Balaban J connectivity index is 2.09. The van der Waals surface area contributed by atoms with E-state index < -0.39 is 0 Å². The summed E-state index contributed by atoms with van der Waals surface area (Å²) in [6.07, 6.45) is 2.79. The van der Waals surface area contributed by atoms with Gasteiger partial charge in [-0.3, -0.25) is 4.79 Å². The van der Waals surface area contributed by atoms with Gasteiger partial charge in [-0.1, -0.05) is 29.8 Å². The zero-order chi connectivity index (χ0) is 15.7. The van der Waals surface area contributed by atoms with Gasteiger partial charge in [0.15, 0.2) is 0 Å². The lowest BCUT2D eigenvalue weighted by atomic mass is 9.98. The molecule has 0 saturated heterocycles. The minimum absolute atomic E-state index is 0.0427. The molecule has 112 valence electrons. The van der Waals surface area contributed by atoms with Gasteiger partial charge in [-0.15, -0.1) is 11.6 Å². The predicted molar refractivity (Wildman–Crippen MR) is 93.3 cm³/mol. The second kappa shape index (κ2) is 5.98. The molecule has 3 heteroatoms. The first-order valence-electron chi connectivity index (χ1n) is 7.38. The van der Waals surface area contributed by atoms with E-state index in [1.165, 1.54) is 5.56 Å². The molecule has 3 rings (SSSR count). The van der Waals surface area contributed by atoms with E-state index in [-0.39, 0.29) is 5.91 Å². The minimum atomic E-state index is -0.0427. The second-order valence-corrected chi connectivity index (χ2v) is 6.07. The van der Waals surface area contributed by atoms with Crippen LogP contribution in [0.5, 0.6) is 0 Å². The van der Waals surface area contributed by atoms with Crippen molar-refractivity contribution in [1.29, 1.82) is 0 Å². The number of benzene rings is 2. The van der Waals surface area contributed by atoms with Crippen molar-refractivity contribution in [2.24, 2.45) is 0 Å². The lowest BCUT2D eigenvalue weighted by molar-refractivity contribution is -0.110. The number of hydrogen-bond acceptors (Lipinski definition) is 1. The highest BCUT2D eigenvalue weighted by Crippen LogP contribution is 2.34. The van der Waals surface area contributed by atoms with E-state index in [4.69, 9.17) is 11.6 Å². The molecular formula is C19H18ClNO. The predicted octanol–water partition coefficient (Wildman–Crippen LogP) is 4.58. The smallest absolute Gasteiger partial charge is 0.256 e. The Morgan fingerprint density at radius 1 is 1.14 bits per heavy atom. The van der Waals surface area contributed by atoms with Gasteiger partial charge in [0.25, 0.3) is 5.91 Å². The summed E-state index contributed by atoms with van der Waals surface area (Å²) in [5.41, 5.74) is 7.15. The maximum atomic E-state index is 12.3. The number of hydrogen-bond donors (Lipinski definition) is 1. The van der Waals surface area contributed by atoms with Gasteiger partial charge in [-0.25, -0.2) is 0 Å². The van der Waals surface area contributed by atoms with Crippen LogP contribution in [0, 0.1) is 13.8 Å². The molecule has 0 aliphatic carbocycles. The largest absolute Gasteiger partial charge is 0.321 e. The fourth-order valence-corrected chi connectivity index (χ4v) is 2.93. The van der Waals surface area contributed by atoms with Crippen molar-refractivity contribution in [3.8, 4) is 0 Å². The van der Waals surface area contributed by atoms with Gasteiger partial charge in [0.05, 0.1) is 0 Å². The molecule has 1 amide bonds. The van der Waals surface area contributed by atoms with Crippen molar-refractivity contribution < 1.29 is 4.79 Å². The van der Waals surface area contributed by atoms with Gasteiger partial charge >= 0.3 is 0 Å². The van der Waals surface area contributed by atoms with Crippen molar-refractivity contribution in [3.05, 3.63) is 64.2 Å². The van der Waals surface area contributed by atoms with Gasteiger partial charge in [-0.05, 0) is 55.2 Å². The third-order valence-electron chi connectivity index (χ3n) is 3.98. The molecule has 2 aromatic carbocycles. The van der Waals surface area contributed by atoms with Crippen LogP contribution in [-0.2, 0) is 11.2 Å². The fraction of sp³-hybridized carbons (Fsp3) is 0.211. The number of alkyl halides is 1. The normalized spacial score (nSPS) is 15.0. The van der Waals surface area contributed by atoms with Crippen molar-refractivity contribution in [2.75, 3.05) is 11.2 Å². The quantitative estimate of drug-likeness (QED) is 0.652. The number of fused-ring (bicyclic) bond motifs is 1. The Morgan fingerprint density at radius 3 is 2.73 bits per heavy atom. The van der Waals surface area contributed by atoms with Crippen LogP contribution in [0.15, 0.2) is 36.4 Å². The van der Waals surface area contributed by atoms with E-state index in [9.17, 15) is 4.79 Å². The van der Waals surface area contributed by atoms with E-state index in [0.29, 0.717) is 5.88 Å². The number of aryl methyl sites for hydroxylation is 3. The first kappa shape index (κ1) is 14.9. The van der Waals surface area contributed by atoms with Gasteiger partial charge in [0.2, 0.25) is 0 Å².